The fourth-order valence-electron chi connectivity index (χ4n) is 3.00. The second kappa shape index (κ2) is 11.5. The summed E-state index contributed by atoms with van der Waals surface area (Å²) < 4.78 is 5.39. The second-order valence-corrected chi connectivity index (χ2v) is 8.40. The Balaban J connectivity index is 2.19. The standard InChI is InChI=1S/C24H30ClN3O4/c1-6-32-18-10-7-16(8-11-18)22(29)28-21(14(2)3)24(31)27-20-13-17(25)9-12-19(20)23(30)26-15(4)5/h7-15,21H,6H2,1-5H3,(H,26,30)(H,27,31)(H,28,29). The van der Waals surface area contributed by atoms with Crippen LogP contribution in [0.15, 0.2) is 42.5 Å². The van der Waals surface area contributed by atoms with Crippen LogP contribution in [-0.2, 0) is 4.79 Å². The van der Waals surface area contributed by atoms with E-state index in [-0.39, 0.29) is 35.0 Å². The van der Waals surface area contributed by atoms with Gasteiger partial charge in [-0.1, -0.05) is 25.4 Å². The number of carbonyl (C=O) groups excluding carboxylic acids is 3. The van der Waals surface area contributed by atoms with Crippen LogP contribution in [-0.4, -0.2) is 36.4 Å². The van der Waals surface area contributed by atoms with E-state index >= 15 is 0 Å². The van der Waals surface area contributed by atoms with Gasteiger partial charge in [0, 0.05) is 16.6 Å². The molecule has 0 heterocycles. The molecule has 2 aromatic carbocycles. The molecule has 172 valence electrons. The highest BCUT2D eigenvalue weighted by Gasteiger charge is 2.26. The van der Waals surface area contributed by atoms with E-state index in [1.807, 2.05) is 34.6 Å². The first kappa shape index (κ1) is 25.2. The number of ether oxygens (including phenoxy) is 1. The molecular weight excluding hydrogens is 430 g/mol. The molecule has 0 bridgehead atoms. The van der Waals surface area contributed by atoms with Gasteiger partial charge in [0.05, 0.1) is 17.9 Å². The Hall–Kier alpha value is -3.06. The summed E-state index contributed by atoms with van der Waals surface area (Å²) in [6, 6.07) is 10.4. The number of nitrogens with one attached hydrogen (secondary N) is 3. The third kappa shape index (κ3) is 6.99. The summed E-state index contributed by atoms with van der Waals surface area (Å²) in [6.07, 6.45) is 0. The first-order valence-corrected chi connectivity index (χ1v) is 10.9. The van der Waals surface area contributed by atoms with Gasteiger partial charge in [0.25, 0.3) is 11.8 Å². The van der Waals surface area contributed by atoms with Gasteiger partial charge >= 0.3 is 0 Å². The van der Waals surface area contributed by atoms with Crippen LogP contribution in [0.5, 0.6) is 5.75 Å². The molecule has 1 atom stereocenters. The quantitative estimate of drug-likeness (QED) is 0.521. The van der Waals surface area contributed by atoms with Crippen LogP contribution in [0, 0.1) is 5.92 Å². The topological polar surface area (TPSA) is 96.5 Å². The number of anilines is 1. The van der Waals surface area contributed by atoms with Gasteiger partial charge in [0.15, 0.2) is 0 Å². The van der Waals surface area contributed by atoms with Crippen LogP contribution in [0.2, 0.25) is 5.02 Å². The molecule has 32 heavy (non-hydrogen) atoms. The Morgan fingerprint density at radius 2 is 1.59 bits per heavy atom. The largest absolute Gasteiger partial charge is 0.494 e. The molecule has 2 aromatic rings. The van der Waals surface area contributed by atoms with Crippen molar-refractivity contribution in [1.82, 2.24) is 10.6 Å². The van der Waals surface area contributed by atoms with Gasteiger partial charge in [-0.25, -0.2) is 0 Å². The summed E-state index contributed by atoms with van der Waals surface area (Å²) in [5, 5.41) is 8.70. The van der Waals surface area contributed by atoms with Crippen LogP contribution >= 0.6 is 11.6 Å². The SMILES string of the molecule is CCOc1ccc(C(=O)NC(C(=O)Nc2cc(Cl)ccc2C(=O)NC(C)C)C(C)C)cc1. The molecule has 7 nitrogen and oxygen atoms in total. The number of amides is 3. The highest BCUT2D eigenvalue weighted by atomic mass is 35.5. The van der Waals surface area contributed by atoms with Crippen LogP contribution in [0.3, 0.4) is 0 Å². The van der Waals surface area contributed by atoms with Crippen molar-refractivity contribution in [3.63, 3.8) is 0 Å². The molecular formula is C24H30ClN3O4. The fraction of sp³-hybridized carbons (Fsp3) is 0.375. The van der Waals surface area contributed by atoms with Crippen molar-refractivity contribution in [2.45, 2.75) is 46.7 Å². The summed E-state index contributed by atoms with van der Waals surface area (Å²) in [7, 11) is 0. The molecule has 3 N–H and O–H groups in total. The monoisotopic (exact) mass is 459 g/mol. The first-order valence-electron chi connectivity index (χ1n) is 10.6. The Morgan fingerprint density at radius 1 is 0.938 bits per heavy atom. The van der Waals surface area contributed by atoms with Crippen LogP contribution < -0.4 is 20.7 Å². The van der Waals surface area contributed by atoms with E-state index in [1.165, 1.54) is 6.07 Å². The number of hydrogen-bond donors (Lipinski definition) is 3. The third-order valence-corrected chi connectivity index (χ3v) is 4.80. The molecule has 1 unspecified atom stereocenters. The number of halogens is 1. The van der Waals surface area contributed by atoms with E-state index in [2.05, 4.69) is 16.0 Å². The molecule has 0 aromatic heterocycles. The molecule has 0 aliphatic heterocycles. The number of carbonyl (C=O) groups is 3. The zero-order valence-corrected chi connectivity index (χ0v) is 19.7. The summed E-state index contributed by atoms with van der Waals surface area (Å²) in [5.41, 5.74) is 0.977. The van der Waals surface area contributed by atoms with E-state index < -0.39 is 11.9 Å². The van der Waals surface area contributed by atoms with Gasteiger partial charge in [-0.2, -0.15) is 0 Å². The minimum Gasteiger partial charge on any atom is -0.494 e. The smallest absolute Gasteiger partial charge is 0.253 e. The van der Waals surface area contributed by atoms with Crippen molar-refractivity contribution in [3.05, 3.63) is 58.6 Å². The van der Waals surface area contributed by atoms with E-state index in [0.717, 1.165) is 0 Å². The molecule has 2 rings (SSSR count). The van der Waals surface area contributed by atoms with Crippen molar-refractivity contribution in [2.24, 2.45) is 5.92 Å². The summed E-state index contributed by atoms with van der Waals surface area (Å²) >= 11 is 6.09. The predicted octanol–water partition coefficient (Wildman–Crippen LogP) is 4.27. The minimum atomic E-state index is -0.825. The lowest BCUT2D eigenvalue weighted by Gasteiger charge is -2.23. The Labute approximate surface area is 193 Å². The lowest BCUT2D eigenvalue weighted by Crippen LogP contribution is -2.47. The lowest BCUT2D eigenvalue weighted by atomic mass is 10.0. The minimum absolute atomic E-state index is 0.0708. The van der Waals surface area contributed by atoms with Crippen molar-refractivity contribution >= 4 is 35.0 Å². The zero-order chi connectivity index (χ0) is 23.8. The highest BCUT2D eigenvalue weighted by Crippen LogP contribution is 2.22. The summed E-state index contributed by atoms with van der Waals surface area (Å²) in [4.78, 5) is 38.3. The van der Waals surface area contributed by atoms with Gasteiger partial charge in [0.1, 0.15) is 11.8 Å². The highest BCUT2D eigenvalue weighted by molar-refractivity contribution is 6.31. The molecule has 0 aliphatic rings. The molecule has 3 amide bonds. The van der Waals surface area contributed by atoms with Crippen molar-refractivity contribution < 1.29 is 19.1 Å². The maximum atomic E-state index is 13.0. The first-order chi connectivity index (χ1) is 15.1. The zero-order valence-electron chi connectivity index (χ0n) is 19.0. The lowest BCUT2D eigenvalue weighted by molar-refractivity contribution is -0.118. The van der Waals surface area contributed by atoms with Gasteiger partial charge in [0.2, 0.25) is 5.91 Å². The molecule has 0 aliphatic carbocycles. The van der Waals surface area contributed by atoms with Crippen LogP contribution in [0.1, 0.15) is 55.3 Å². The number of benzene rings is 2. The van der Waals surface area contributed by atoms with Crippen molar-refractivity contribution in [2.75, 3.05) is 11.9 Å². The van der Waals surface area contributed by atoms with E-state index in [4.69, 9.17) is 16.3 Å². The third-order valence-electron chi connectivity index (χ3n) is 4.57. The van der Waals surface area contributed by atoms with E-state index in [1.54, 1.807) is 36.4 Å². The maximum absolute atomic E-state index is 13.0. The van der Waals surface area contributed by atoms with Crippen molar-refractivity contribution in [3.8, 4) is 5.75 Å². The average molecular weight is 460 g/mol. The molecule has 0 fully saturated rings. The van der Waals surface area contributed by atoms with Gasteiger partial charge in [-0.15, -0.1) is 0 Å². The molecule has 0 saturated carbocycles. The number of hydrogen-bond acceptors (Lipinski definition) is 4. The Bertz CT molecular complexity index is 958. The van der Waals surface area contributed by atoms with E-state index in [9.17, 15) is 14.4 Å². The van der Waals surface area contributed by atoms with Gasteiger partial charge < -0.3 is 20.7 Å². The molecule has 0 saturated heterocycles. The molecule has 8 heteroatoms. The molecule has 0 spiro atoms. The van der Waals surface area contributed by atoms with E-state index in [0.29, 0.717) is 22.9 Å². The second-order valence-electron chi connectivity index (χ2n) is 7.96. The average Bonchev–Trinajstić information content (AvgIpc) is 2.71. The summed E-state index contributed by atoms with van der Waals surface area (Å²) in [5.74, 6) is -0.693. The number of rotatable bonds is 9. The van der Waals surface area contributed by atoms with Gasteiger partial charge in [-0.05, 0) is 69.2 Å². The normalized spacial score (nSPS) is 11.8. The van der Waals surface area contributed by atoms with Crippen LogP contribution in [0.4, 0.5) is 5.69 Å². The fourth-order valence-corrected chi connectivity index (χ4v) is 3.17. The Morgan fingerprint density at radius 3 is 2.16 bits per heavy atom. The predicted molar refractivity (Wildman–Crippen MR) is 126 cm³/mol. The van der Waals surface area contributed by atoms with Crippen LogP contribution in [0.25, 0.3) is 0 Å². The van der Waals surface area contributed by atoms with Gasteiger partial charge in [-0.3, -0.25) is 14.4 Å². The maximum Gasteiger partial charge on any atom is 0.253 e. The Kier molecular flexibility index (Phi) is 9.08. The summed E-state index contributed by atoms with van der Waals surface area (Å²) in [6.45, 7) is 9.75. The molecule has 0 radical (unpaired) electrons. The van der Waals surface area contributed by atoms with Crippen molar-refractivity contribution in [1.29, 1.82) is 0 Å².